The van der Waals surface area contributed by atoms with Crippen LogP contribution in [-0.2, 0) is 36.1 Å². The van der Waals surface area contributed by atoms with Crippen molar-refractivity contribution in [2.45, 2.75) is 69.6 Å². The molecule has 0 bridgehead atoms. The molecule has 7 heteroatoms. The van der Waals surface area contributed by atoms with Crippen LogP contribution in [-0.4, -0.2) is 55.1 Å². The molecule has 2 aromatic rings. The van der Waals surface area contributed by atoms with Crippen molar-refractivity contribution < 1.29 is 28.8 Å². The van der Waals surface area contributed by atoms with Gasteiger partial charge in [-0.15, -0.1) is 0 Å². The lowest BCUT2D eigenvalue weighted by atomic mass is 9.90. The minimum absolute atomic E-state index is 0.358. The maximum absolute atomic E-state index is 12.1. The van der Waals surface area contributed by atoms with Gasteiger partial charge < -0.3 is 24.1 Å². The Kier molecular flexibility index (Phi) is 12.1. The molecule has 1 heterocycles. The van der Waals surface area contributed by atoms with E-state index < -0.39 is 30.6 Å². The van der Waals surface area contributed by atoms with Gasteiger partial charge in [0.25, 0.3) is 0 Å². The molecule has 1 aliphatic rings. The van der Waals surface area contributed by atoms with E-state index in [1.807, 2.05) is 55.1 Å². The molecule has 2 aromatic carbocycles. The van der Waals surface area contributed by atoms with Crippen LogP contribution in [0.5, 0.6) is 0 Å². The third-order valence-electron chi connectivity index (χ3n) is 6.21. The van der Waals surface area contributed by atoms with Crippen molar-refractivity contribution in [1.82, 2.24) is 0 Å². The normalized spacial score (nSPS) is 24.3. The van der Waals surface area contributed by atoms with Crippen LogP contribution in [0.3, 0.4) is 0 Å². The SMILES string of the molecule is COC(=O)C1O[C@H](OCCCCCCSCc2ccccc2)C(OCc2ccccc2)[C@@H](C)[C@H]1O. The molecular weight excluding hydrogens is 464 g/mol. The zero-order valence-corrected chi connectivity index (χ0v) is 21.5. The van der Waals surface area contributed by atoms with E-state index in [-0.39, 0.29) is 5.92 Å². The van der Waals surface area contributed by atoms with E-state index in [0.29, 0.717) is 13.2 Å². The topological polar surface area (TPSA) is 74.2 Å². The number of esters is 1. The second-order valence-electron chi connectivity index (χ2n) is 8.88. The van der Waals surface area contributed by atoms with Crippen molar-refractivity contribution in [2.75, 3.05) is 19.5 Å². The van der Waals surface area contributed by atoms with Crippen LogP contribution in [0.2, 0.25) is 0 Å². The molecule has 1 N–H and O–H groups in total. The third kappa shape index (κ3) is 8.92. The van der Waals surface area contributed by atoms with Gasteiger partial charge in [0.1, 0.15) is 6.10 Å². The molecule has 3 rings (SSSR count). The molecule has 0 radical (unpaired) electrons. The second-order valence-corrected chi connectivity index (χ2v) is 9.99. The predicted molar refractivity (Wildman–Crippen MR) is 138 cm³/mol. The molecule has 35 heavy (non-hydrogen) atoms. The second kappa shape index (κ2) is 15.3. The van der Waals surface area contributed by atoms with Gasteiger partial charge in [-0.2, -0.15) is 11.8 Å². The summed E-state index contributed by atoms with van der Waals surface area (Å²) >= 11 is 1.97. The highest BCUT2D eigenvalue weighted by Crippen LogP contribution is 2.30. The summed E-state index contributed by atoms with van der Waals surface area (Å²) in [7, 11) is 1.29. The van der Waals surface area contributed by atoms with Crippen molar-refractivity contribution in [3.8, 4) is 0 Å². The molecular formula is C28H38O6S. The zero-order valence-electron chi connectivity index (χ0n) is 20.7. The van der Waals surface area contributed by atoms with Gasteiger partial charge in [-0.3, -0.25) is 0 Å². The molecule has 1 saturated heterocycles. The average molecular weight is 503 g/mol. The van der Waals surface area contributed by atoms with Gasteiger partial charge >= 0.3 is 5.97 Å². The summed E-state index contributed by atoms with van der Waals surface area (Å²) in [6.45, 7) is 2.72. The first-order valence-corrected chi connectivity index (χ1v) is 13.6. The summed E-state index contributed by atoms with van der Waals surface area (Å²) in [4.78, 5) is 12.1. The third-order valence-corrected chi connectivity index (χ3v) is 7.33. The Bertz CT molecular complexity index is 849. The number of hydrogen-bond donors (Lipinski definition) is 1. The molecule has 0 amide bonds. The number of rotatable bonds is 14. The van der Waals surface area contributed by atoms with E-state index in [1.54, 1.807) is 0 Å². The Balaban J connectivity index is 1.41. The number of carbonyl (C=O) groups is 1. The average Bonchev–Trinajstić information content (AvgIpc) is 2.89. The zero-order chi connectivity index (χ0) is 24.9. The molecule has 1 aliphatic heterocycles. The lowest BCUT2D eigenvalue weighted by Crippen LogP contribution is -2.57. The van der Waals surface area contributed by atoms with E-state index in [2.05, 4.69) is 24.3 Å². The number of hydrogen-bond acceptors (Lipinski definition) is 7. The highest BCUT2D eigenvalue weighted by atomic mass is 32.2. The van der Waals surface area contributed by atoms with E-state index in [1.165, 1.54) is 19.1 Å². The number of methoxy groups -OCH3 is 1. The molecule has 2 unspecified atom stereocenters. The fourth-order valence-electron chi connectivity index (χ4n) is 4.09. The first-order valence-electron chi connectivity index (χ1n) is 12.4. The van der Waals surface area contributed by atoms with Gasteiger partial charge in [-0.25, -0.2) is 4.79 Å². The highest BCUT2D eigenvalue weighted by Gasteiger charge is 2.47. The molecule has 0 aromatic heterocycles. The summed E-state index contributed by atoms with van der Waals surface area (Å²) in [6, 6.07) is 20.4. The molecule has 5 atom stereocenters. The van der Waals surface area contributed by atoms with Crippen LogP contribution < -0.4 is 0 Å². The number of ether oxygens (including phenoxy) is 4. The van der Waals surface area contributed by atoms with Crippen LogP contribution in [0.15, 0.2) is 60.7 Å². The monoisotopic (exact) mass is 502 g/mol. The van der Waals surface area contributed by atoms with Crippen molar-refractivity contribution >= 4 is 17.7 Å². The highest BCUT2D eigenvalue weighted by molar-refractivity contribution is 7.98. The Labute approximate surface area is 213 Å². The number of unbranched alkanes of at least 4 members (excludes halogenated alkanes) is 3. The van der Waals surface area contributed by atoms with Crippen LogP contribution in [0.25, 0.3) is 0 Å². The number of aliphatic hydroxyl groups is 1. The van der Waals surface area contributed by atoms with Gasteiger partial charge in [0.05, 0.1) is 19.8 Å². The fraction of sp³-hybridized carbons (Fsp3) is 0.536. The standard InChI is InChI=1S/C28H38O6S/c1-21-24(29)26(27(30)31-2)34-28(25(21)33-19-22-13-7-5-8-14-22)32-17-11-3-4-12-18-35-20-23-15-9-6-10-16-23/h5-10,13-16,21,24-26,28-29H,3-4,11-12,17-20H2,1-2H3/t21-,24+,25?,26?,28-/m0/s1. The lowest BCUT2D eigenvalue weighted by molar-refractivity contribution is -0.292. The van der Waals surface area contributed by atoms with Crippen molar-refractivity contribution in [3.63, 3.8) is 0 Å². The number of aliphatic hydroxyl groups excluding tert-OH is 1. The lowest BCUT2D eigenvalue weighted by Gasteiger charge is -2.42. The van der Waals surface area contributed by atoms with Crippen LogP contribution >= 0.6 is 11.8 Å². The summed E-state index contributed by atoms with van der Waals surface area (Å²) in [5.41, 5.74) is 2.39. The molecule has 192 valence electrons. The molecule has 0 aliphatic carbocycles. The van der Waals surface area contributed by atoms with Gasteiger partial charge in [0.15, 0.2) is 12.4 Å². The van der Waals surface area contributed by atoms with Crippen LogP contribution in [0, 0.1) is 5.92 Å². The Morgan fingerprint density at radius 3 is 2.29 bits per heavy atom. The maximum atomic E-state index is 12.1. The first kappa shape index (κ1) is 27.7. The number of thioether (sulfide) groups is 1. The van der Waals surface area contributed by atoms with Gasteiger partial charge in [0, 0.05) is 18.3 Å². The molecule has 6 nitrogen and oxygen atoms in total. The Hall–Kier alpha value is -1.90. The van der Waals surface area contributed by atoms with E-state index in [4.69, 9.17) is 18.9 Å². The molecule has 0 spiro atoms. The molecule has 1 fully saturated rings. The van der Waals surface area contributed by atoms with Crippen molar-refractivity contribution in [3.05, 3.63) is 71.8 Å². The summed E-state index contributed by atoms with van der Waals surface area (Å²) < 4.78 is 22.8. The minimum atomic E-state index is -1.08. The van der Waals surface area contributed by atoms with Crippen molar-refractivity contribution in [2.24, 2.45) is 5.92 Å². The quantitative estimate of drug-likeness (QED) is 0.289. The van der Waals surface area contributed by atoms with E-state index >= 15 is 0 Å². The summed E-state index contributed by atoms with van der Waals surface area (Å²) in [5, 5.41) is 10.6. The van der Waals surface area contributed by atoms with Gasteiger partial charge in [-0.1, -0.05) is 80.4 Å². The molecule has 0 saturated carbocycles. The smallest absolute Gasteiger partial charge is 0.337 e. The summed E-state index contributed by atoms with van der Waals surface area (Å²) in [6.07, 6.45) is 0.914. The van der Waals surface area contributed by atoms with Gasteiger partial charge in [0.2, 0.25) is 0 Å². The van der Waals surface area contributed by atoms with Crippen molar-refractivity contribution in [1.29, 1.82) is 0 Å². The van der Waals surface area contributed by atoms with E-state index in [0.717, 1.165) is 36.3 Å². The first-order chi connectivity index (χ1) is 17.1. The number of benzene rings is 2. The van der Waals surface area contributed by atoms with Gasteiger partial charge in [-0.05, 0) is 29.7 Å². The predicted octanol–water partition coefficient (Wildman–Crippen LogP) is 4.98. The van der Waals surface area contributed by atoms with Crippen LogP contribution in [0.4, 0.5) is 0 Å². The Morgan fingerprint density at radius 2 is 1.60 bits per heavy atom. The fourth-order valence-corrected chi connectivity index (χ4v) is 5.07. The number of carbonyl (C=O) groups excluding carboxylic acids is 1. The van der Waals surface area contributed by atoms with Crippen LogP contribution in [0.1, 0.15) is 43.7 Å². The maximum Gasteiger partial charge on any atom is 0.337 e. The largest absolute Gasteiger partial charge is 0.467 e. The minimum Gasteiger partial charge on any atom is -0.467 e. The van der Waals surface area contributed by atoms with E-state index in [9.17, 15) is 9.90 Å². The summed E-state index contributed by atoms with van der Waals surface area (Å²) in [5.74, 6) is 1.24. The Morgan fingerprint density at radius 1 is 0.943 bits per heavy atom.